The zero-order chi connectivity index (χ0) is 26.6. The fraction of sp³-hybridized carbons (Fsp3) is 0.290. The predicted molar refractivity (Wildman–Crippen MR) is 143 cm³/mol. The Balaban J connectivity index is 1.50. The van der Waals surface area contributed by atoms with Crippen LogP contribution in [-0.4, -0.2) is 48.1 Å². The Labute approximate surface area is 222 Å². The third kappa shape index (κ3) is 5.15. The highest BCUT2D eigenvalue weighted by atomic mass is 16.5. The van der Waals surface area contributed by atoms with E-state index in [0.29, 0.717) is 35.8 Å². The van der Waals surface area contributed by atoms with Crippen molar-refractivity contribution in [3.63, 3.8) is 0 Å². The maximum atomic E-state index is 13.3. The van der Waals surface area contributed by atoms with E-state index in [1.165, 1.54) is 4.90 Å². The van der Waals surface area contributed by atoms with Gasteiger partial charge >= 0.3 is 0 Å². The van der Waals surface area contributed by atoms with Crippen LogP contribution in [0.5, 0.6) is 11.5 Å². The number of Topliss-reactive ketones (excluding diaryl/α,β-unsaturated/α-hetero) is 1. The normalized spacial score (nSPS) is 20.6. The maximum Gasteiger partial charge on any atom is 0.295 e. The molecular formula is C31H31NO6. The van der Waals surface area contributed by atoms with Gasteiger partial charge in [0.25, 0.3) is 11.7 Å². The van der Waals surface area contributed by atoms with Gasteiger partial charge in [-0.15, -0.1) is 0 Å². The highest BCUT2D eigenvalue weighted by Crippen LogP contribution is 2.41. The molecule has 2 saturated heterocycles. The fourth-order valence-electron chi connectivity index (χ4n) is 5.08. The first-order valence-corrected chi connectivity index (χ1v) is 12.8. The molecule has 2 fully saturated rings. The molecule has 3 aromatic carbocycles. The molecule has 1 amide bonds. The van der Waals surface area contributed by atoms with Gasteiger partial charge in [0, 0.05) is 18.7 Å². The van der Waals surface area contributed by atoms with Gasteiger partial charge in [-0.05, 0) is 66.8 Å². The molecule has 2 atom stereocenters. The lowest BCUT2D eigenvalue weighted by molar-refractivity contribution is -0.140. The Morgan fingerprint density at radius 2 is 1.87 bits per heavy atom. The molecule has 2 aliphatic rings. The highest BCUT2D eigenvalue weighted by Gasteiger charge is 2.47. The number of ketones is 1. The van der Waals surface area contributed by atoms with Gasteiger partial charge in [-0.3, -0.25) is 9.59 Å². The van der Waals surface area contributed by atoms with Crippen molar-refractivity contribution in [1.29, 1.82) is 0 Å². The van der Waals surface area contributed by atoms with Crippen LogP contribution in [0.4, 0.5) is 0 Å². The highest BCUT2D eigenvalue weighted by molar-refractivity contribution is 6.46. The topological polar surface area (TPSA) is 85.3 Å². The van der Waals surface area contributed by atoms with E-state index >= 15 is 0 Å². The molecule has 0 radical (unpaired) electrons. The Morgan fingerprint density at radius 1 is 1.05 bits per heavy atom. The summed E-state index contributed by atoms with van der Waals surface area (Å²) < 4.78 is 17.1. The number of amides is 1. The number of aliphatic hydroxyl groups is 1. The van der Waals surface area contributed by atoms with Crippen molar-refractivity contribution < 1.29 is 28.9 Å². The lowest BCUT2D eigenvalue weighted by atomic mass is 9.94. The van der Waals surface area contributed by atoms with Gasteiger partial charge in [0.15, 0.2) is 0 Å². The minimum atomic E-state index is -0.761. The molecule has 0 bridgehead atoms. The second-order valence-corrected chi connectivity index (χ2v) is 9.62. The SMILES string of the molecule is COc1cccc(C2/C(=C(/O)c3ccc(OCc4ccccc4)c(C)c3)C(=O)C(=O)N2CC2CCCO2)c1. The summed E-state index contributed by atoms with van der Waals surface area (Å²) in [6.07, 6.45) is 1.58. The zero-order valence-electron chi connectivity index (χ0n) is 21.6. The first-order chi connectivity index (χ1) is 18.5. The molecule has 196 valence electrons. The van der Waals surface area contributed by atoms with Crippen LogP contribution in [0.2, 0.25) is 0 Å². The average molecular weight is 514 g/mol. The number of nitrogens with zero attached hydrogens (tertiary/aromatic N) is 1. The van der Waals surface area contributed by atoms with Crippen LogP contribution in [0.1, 0.15) is 41.1 Å². The Morgan fingerprint density at radius 3 is 2.58 bits per heavy atom. The lowest BCUT2D eigenvalue weighted by Crippen LogP contribution is -2.36. The Kier molecular flexibility index (Phi) is 7.47. The number of benzene rings is 3. The summed E-state index contributed by atoms with van der Waals surface area (Å²) >= 11 is 0. The van der Waals surface area contributed by atoms with Gasteiger partial charge < -0.3 is 24.2 Å². The number of hydrogen-bond acceptors (Lipinski definition) is 6. The summed E-state index contributed by atoms with van der Waals surface area (Å²) in [4.78, 5) is 28.1. The molecular weight excluding hydrogens is 482 g/mol. The van der Waals surface area contributed by atoms with Crippen molar-refractivity contribution in [3.8, 4) is 11.5 Å². The molecule has 3 aromatic rings. The number of rotatable bonds is 8. The maximum absolute atomic E-state index is 13.3. The predicted octanol–water partition coefficient (Wildman–Crippen LogP) is 5.18. The smallest absolute Gasteiger partial charge is 0.295 e. The number of aliphatic hydroxyl groups excluding tert-OH is 1. The monoisotopic (exact) mass is 513 g/mol. The largest absolute Gasteiger partial charge is 0.507 e. The third-order valence-electron chi connectivity index (χ3n) is 7.06. The number of carbonyl (C=O) groups excluding carboxylic acids is 2. The van der Waals surface area contributed by atoms with Gasteiger partial charge in [-0.2, -0.15) is 0 Å². The van der Waals surface area contributed by atoms with Gasteiger partial charge in [0.2, 0.25) is 0 Å². The van der Waals surface area contributed by atoms with Gasteiger partial charge in [-0.1, -0.05) is 42.5 Å². The molecule has 0 saturated carbocycles. The average Bonchev–Trinajstić information content (AvgIpc) is 3.55. The van der Waals surface area contributed by atoms with E-state index in [9.17, 15) is 14.7 Å². The van der Waals surface area contributed by atoms with Crippen molar-refractivity contribution in [3.05, 3.63) is 101 Å². The standard InChI is InChI=1S/C31H31NO6/c1-20-16-23(13-14-26(20)38-19-21-8-4-3-5-9-21)29(33)27-28(22-10-6-11-24(17-22)36-2)32(31(35)30(27)34)18-25-12-7-15-37-25/h3-6,8-11,13-14,16-17,25,28,33H,7,12,15,18-19H2,1-2H3/b29-27-. The van der Waals surface area contributed by atoms with Crippen molar-refractivity contribution >= 4 is 17.4 Å². The van der Waals surface area contributed by atoms with Crippen LogP contribution in [0.25, 0.3) is 5.76 Å². The third-order valence-corrected chi connectivity index (χ3v) is 7.06. The molecule has 0 aromatic heterocycles. The molecule has 1 N–H and O–H groups in total. The van der Waals surface area contributed by atoms with Crippen LogP contribution < -0.4 is 9.47 Å². The van der Waals surface area contributed by atoms with E-state index in [2.05, 4.69) is 0 Å². The number of likely N-dealkylation sites (tertiary alicyclic amines) is 1. The van der Waals surface area contributed by atoms with Crippen molar-refractivity contribution in [2.45, 2.75) is 38.5 Å². The second kappa shape index (κ2) is 11.1. The summed E-state index contributed by atoms with van der Waals surface area (Å²) in [6.45, 7) is 3.20. The summed E-state index contributed by atoms with van der Waals surface area (Å²) in [5.41, 5.74) is 3.03. The first kappa shape index (κ1) is 25.5. The van der Waals surface area contributed by atoms with Crippen LogP contribution in [0.15, 0.2) is 78.4 Å². The minimum absolute atomic E-state index is 0.0543. The lowest BCUT2D eigenvalue weighted by Gasteiger charge is -2.27. The van der Waals surface area contributed by atoms with Crippen LogP contribution >= 0.6 is 0 Å². The molecule has 0 aliphatic carbocycles. The van der Waals surface area contributed by atoms with Gasteiger partial charge in [0.1, 0.15) is 23.9 Å². The quantitative estimate of drug-likeness (QED) is 0.254. The van der Waals surface area contributed by atoms with E-state index < -0.39 is 17.7 Å². The van der Waals surface area contributed by atoms with E-state index in [1.54, 1.807) is 37.4 Å². The summed E-state index contributed by atoms with van der Waals surface area (Å²) in [7, 11) is 1.56. The Hall–Kier alpha value is -4.10. The first-order valence-electron chi connectivity index (χ1n) is 12.8. The zero-order valence-corrected chi connectivity index (χ0v) is 21.6. The van der Waals surface area contributed by atoms with Crippen LogP contribution in [0.3, 0.4) is 0 Å². The Bertz CT molecular complexity index is 1360. The molecule has 7 heteroatoms. The molecule has 2 unspecified atom stereocenters. The van der Waals surface area contributed by atoms with Crippen LogP contribution in [0, 0.1) is 6.92 Å². The minimum Gasteiger partial charge on any atom is -0.507 e. The molecule has 2 heterocycles. The van der Waals surface area contributed by atoms with Crippen molar-refractivity contribution in [1.82, 2.24) is 4.90 Å². The van der Waals surface area contributed by atoms with E-state index in [0.717, 1.165) is 24.0 Å². The van der Waals surface area contributed by atoms with E-state index in [-0.39, 0.29) is 24.0 Å². The summed E-state index contributed by atoms with van der Waals surface area (Å²) in [6, 6.07) is 21.6. The van der Waals surface area contributed by atoms with Crippen molar-refractivity contribution in [2.75, 3.05) is 20.3 Å². The van der Waals surface area contributed by atoms with E-state index in [4.69, 9.17) is 14.2 Å². The summed E-state index contributed by atoms with van der Waals surface area (Å²) in [5.74, 6) is -0.303. The van der Waals surface area contributed by atoms with Crippen molar-refractivity contribution in [2.24, 2.45) is 0 Å². The summed E-state index contributed by atoms with van der Waals surface area (Å²) in [5, 5.41) is 11.4. The number of carbonyl (C=O) groups is 2. The van der Waals surface area contributed by atoms with Gasteiger partial charge in [-0.25, -0.2) is 0 Å². The molecule has 5 rings (SSSR count). The van der Waals surface area contributed by atoms with Crippen LogP contribution in [-0.2, 0) is 20.9 Å². The number of hydrogen-bond donors (Lipinski definition) is 1. The number of methoxy groups -OCH3 is 1. The molecule has 7 nitrogen and oxygen atoms in total. The number of ether oxygens (including phenoxy) is 3. The molecule has 0 spiro atoms. The second-order valence-electron chi connectivity index (χ2n) is 9.62. The number of aryl methyl sites for hydroxylation is 1. The molecule has 38 heavy (non-hydrogen) atoms. The fourth-order valence-corrected chi connectivity index (χ4v) is 5.08. The van der Waals surface area contributed by atoms with Gasteiger partial charge in [0.05, 0.1) is 24.8 Å². The van der Waals surface area contributed by atoms with E-state index in [1.807, 2.05) is 49.4 Å². The molecule has 2 aliphatic heterocycles.